The number of hydrogen-bond donors (Lipinski definition) is 0. The zero-order chi connectivity index (χ0) is 12.5. The van der Waals surface area contributed by atoms with Crippen molar-refractivity contribution in [1.82, 2.24) is 0 Å². The largest absolute Gasteiger partial charge is 0.490 e. The number of ether oxygens (including phenoxy) is 2. The molecule has 1 rings (SSSR count). The molecule has 0 aromatic heterocycles. The Hall–Kier alpha value is -1.02. The van der Waals surface area contributed by atoms with Crippen molar-refractivity contribution in [1.29, 1.82) is 0 Å². The van der Waals surface area contributed by atoms with Gasteiger partial charge < -0.3 is 9.47 Å². The minimum absolute atomic E-state index is 0.178. The Labute approximate surface area is 105 Å². The summed E-state index contributed by atoms with van der Waals surface area (Å²) < 4.78 is 11.1. The smallest absolute Gasteiger partial charge is 0.127 e. The van der Waals surface area contributed by atoms with Gasteiger partial charge in [0, 0.05) is 13.2 Å². The Morgan fingerprint density at radius 2 is 2.12 bits per heavy atom. The lowest BCUT2D eigenvalue weighted by Crippen LogP contribution is -2.21. The van der Waals surface area contributed by atoms with E-state index in [0.29, 0.717) is 6.61 Å². The van der Waals surface area contributed by atoms with Crippen molar-refractivity contribution in [3.8, 4) is 5.75 Å². The molecular formula is C15H23O2. The highest BCUT2D eigenvalue weighted by molar-refractivity contribution is 5.19. The molecule has 1 radical (unpaired) electrons. The van der Waals surface area contributed by atoms with Gasteiger partial charge in [-0.05, 0) is 24.8 Å². The lowest BCUT2D eigenvalue weighted by atomic mass is 10.0. The van der Waals surface area contributed by atoms with E-state index < -0.39 is 0 Å². The molecule has 0 saturated carbocycles. The molecule has 0 aliphatic heterocycles. The van der Waals surface area contributed by atoms with Crippen molar-refractivity contribution in [2.24, 2.45) is 5.92 Å². The van der Waals surface area contributed by atoms with E-state index in [1.54, 1.807) is 7.11 Å². The van der Waals surface area contributed by atoms with Crippen LogP contribution in [0.15, 0.2) is 24.3 Å². The van der Waals surface area contributed by atoms with E-state index in [-0.39, 0.29) is 6.10 Å². The monoisotopic (exact) mass is 235 g/mol. The van der Waals surface area contributed by atoms with Crippen molar-refractivity contribution in [3.63, 3.8) is 0 Å². The standard InChI is InChI=1S/C15H23O2/c1-4-13(2)10-11-15(16-3)12-17-14-8-6-5-7-9-14/h5-8,13,15H,4,10-12H2,1-3H3. The van der Waals surface area contributed by atoms with E-state index in [1.807, 2.05) is 24.3 Å². The van der Waals surface area contributed by atoms with Gasteiger partial charge in [-0.2, -0.15) is 0 Å². The van der Waals surface area contributed by atoms with Gasteiger partial charge >= 0.3 is 0 Å². The van der Waals surface area contributed by atoms with Gasteiger partial charge in [0.1, 0.15) is 12.4 Å². The van der Waals surface area contributed by atoms with Crippen LogP contribution in [0.2, 0.25) is 0 Å². The van der Waals surface area contributed by atoms with Gasteiger partial charge in [-0.3, -0.25) is 0 Å². The Bertz CT molecular complexity index is 284. The minimum Gasteiger partial charge on any atom is -0.490 e. The molecule has 2 atom stereocenters. The molecule has 0 aliphatic rings. The van der Waals surface area contributed by atoms with Crippen LogP contribution in [0.25, 0.3) is 0 Å². The first-order valence-corrected chi connectivity index (χ1v) is 6.38. The third-order valence-corrected chi connectivity index (χ3v) is 3.12. The Morgan fingerprint density at radius 1 is 1.29 bits per heavy atom. The molecule has 0 aliphatic carbocycles. The third-order valence-electron chi connectivity index (χ3n) is 3.12. The first-order valence-electron chi connectivity index (χ1n) is 6.38. The van der Waals surface area contributed by atoms with E-state index in [9.17, 15) is 0 Å². The average Bonchev–Trinajstić information content (AvgIpc) is 2.39. The van der Waals surface area contributed by atoms with E-state index in [2.05, 4.69) is 19.9 Å². The number of para-hydroxylation sites is 1. The fourth-order valence-corrected chi connectivity index (χ4v) is 1.59. The number of hydrogen-bond acceptors (Lipinski definition) is 2. The van der Waals surface area contributed by atoms with Crippen LogP contribution in [0.1, 0.15) is 33.1 Å². The van der Waals surface area contributed by atoms with Crippen LogP contribution in [0.5, 0.6) is 5.75 Å². The lowest BCUT2D eigenvalue weighted by molar-refractivity contribution is 0.0476. The molecular weight excluding hydrogens is 212 g/mol. The Balaban J connectivity index is 2.27. The van der Waals surface area contributed by atoms with Gasteiger partial charge in [-0.15, -0.1) is 0 Å². The second-order valence-corrected chi connectivity index (χ2v) is 4.49. The van der Waals surface area contributed by atoms with Crippen molar-refractivity contribution in [2.75, 3.05) is 13.7 Å². The van der Waals surface area contributed by atoms with Gasteiger partial charge in [0.05, 0.1) is 6.10 Å². The van der Waals surface area contributed by atoms with Crippen LogP contribution in [-0.2, 0) is 4.74 Å². The van der Waals surface area contributed by atoms with Crippen molar-refractivity contribution < 1.29 is 9.47 Å². The molecule has 2 heteroatoms. The maximum atomic E-state index is 5.64. The molecule has 17 heavy (non-hydrogen) atoms. The Kier molecular flexibility index (Phi) is 6.71. The van der Waals surface area contributed by atoms with Crippen molar-refractivity contribution in [2.45, 2.75) is 39.2 Å². The van der Waals surface area contributed by atoms with Crippen LogP contribution >= 0.6 is 0 Å². The van der Waals surface area contributed by atoms with E-state index in [0.717, 1.165) is 18.1 Å². The molecule has 0 heterocycles. The van der Waals surface area contributed by atoms with Gasteiger partial charge in [-0.1, -0.05) is 38.5 Å². The first kappa shape index (κ1) is 14.0. The van der Waals surface area contributed by atoms with E-state index in [4.69, 9.17) is 9.47 Å². The summed E-state index contributed by atoms with van der Waals surface area (Å²) in [6.07, 6.45) is 3.65. The molecule has 0 bridgehead atoms. The lowest BCUT2D eigenvalue weighted by Gasteiger charge is -2.17. The zero-order valence-electron chi connectivity index (χ0n) is 11.1. The fourth-order valence-electron chi connectivity index (χ4n) is 1.59. The number of methoxy groups -OCH3 is 1. The summed E-state index contributed by atoms with van der Waals surface area (Å²) >= 11 is 0. The predicted octanol–water partition coefficient (Wildman–Crippen LogP) is 3.71. The second kappa shape index (κ2) is 8.13. The highest BCUT2D eigenvalue weighted by Crippen LogP contribution is 2.14. The summed E-state index contributed by atoms with van der Waals surface area (Å²) in [7, 11) is 1.75. The first-order chi connectivity index (χ1) is 8.26. The normalized spacial score (nSPS) is 14.3. The Morgan fingerprint density at radius 3 is 2.71 bits per heavy atom. The van der Waals surface area contributed by atoms with E-state index in [1.165, 1.54) is 12.8 Å². The number of benzene rings is 1. The van der Waals surface area contributed by atoms with Gasteiger partial charge in [0.15, 0.2) is 0 Å². The molecule has 2 unspecified atom stereocenters. The molecule has 0 saturated heterocycles. The quantitative estimate of drug-likeness (QED) is 0.684. The van der Waals surface area contributed by atoms with Crippen LogP contribution in [-0.4, -0.2) is 19.8 Å². The van der Waals surface area contributed by atoms with Gasteiger partial charge in [0.25, 0.3) is 0 Å². The zero-order valence-corrected chi connectivity index (χ0v) is 11.1. The van der Waals surface area contributed by atoms with Crippen molar-refractivity contribution in [3.05, 3.63) is 30.3 Å². The van der Waals surface area contributed by atoms with Crippen LogP contribution in [0.4, 0.5) is 0 Å². The fraction of sp³-hybridized carbons (Fsp3) is 0.600. The summed E-state index contributed by atoms with van der Waals surface area (Å²) in [5, 5.41) is 0. The number of rotatable bonds is 8. The van der Waals surface area contributed by atoms with Gasteiger partial charge in [-0.25, -0.2) is 0 Å². The summed E-state index contributed by atoms with van der Waals surface area (Å²) in [4.78, 5) is 0. The molecule has 0 spiro atoms. The topological polar surface area (TPSA) is 18.5 Å². The van der Waals surface area contributed by atoms with Crippen LogP contribution in [0, 0.1) is 12.0 Å². The van der Waals surface area contributed by atoms with Crippen molar-refractivity contribution >= 4 is 0 Å². The predicted molar refractivity (Wildman–Crippen MR) is 70.3 cm³/mol. The molecule has 2 nitrogen and oxygen atoms in total. The molecule has 0 N–H and O–H groups in total. The molecule has 0 fully saturated rings. The second-order valence-electron chi connectivity index (χ2n) is 4.49. The summed E-state index contributed by atoms with van der Waals surface area (Å²) in [6.45, 7) is 5.11. The third kappa shape index (κ3) is 5.73. The highest BCUT2D eigenvalue weighted by Gasteiger charge is 2.10. The molecule has 1 aromatic carbocycles. The van der Waals surface area contributed by atoms with Crippen LogP contribution < -0.4 is 4.74 Å². The molecule has 1 aromatic rings. The minimum atomic E-state index is 0.178. The average molecular weight is 235 g/mol. The molecule has 95 valence electrons. The molecule has 0 amide bonds. The summed E-state index contributed by atoms with van der Waals surface area (Å²) in [5.41, 5.74) is 0. The maximum absolute atomic E-state index is 5.64. The van der Waals surface area contributed by atoms with Gasteiger partial charge in [0.2, 0.25) is 0 Å². The summed E-state index contributed by atoms with van der Waals surface area (Å²) in [6, 6.07) is 10.7. The van der Waals surface area contributed by atoms with Crippen LogP contribution in [0.3, 0.4) is 0 Å². The summed E-state index contributed by atoms with van der Waals surface area (Å²) in [5.74, 6) is 1.55. The SMILES string of the molecule is CCC(C)CCC(COc1[c]cccc1)OC. The maximum Gasteiger partial charge on any atom is 0.127 e. The highest BCUT2D eigenvalue weighted by atomic mass is 16.5. The van der Waals surface area contributed by atoms with E-state index >= 15 is 0 Å².